The van der Waals surface area contributed by atoms with Crippen LogP contribution in [0.4, 0.5) is 8.78 Å². The van der Waals surface area contributed by atoms with Gasteiger partial charge >= 0.3 is 0 Å². The van der Waals surface area contributed by atoms with E-state index in [1.807, 2.05) is 30.3 Å². The van der Waals surface area contributed by atoms with Crippen molar-refractivity contribution >= 4 is 11.6 Å². The first-order chi connectivity index (χ1) is 10.5. The molecule has 1 aromatic carbocycles. The highest BCUT2D eigenvalue weighted by Gasteiger charge is 2.43. The Hall–Kier alpha value is -1.71. The second kappa shape index (κ2) is 5.82. The maximum Gasteiger partial charge on any atom is 0.248 e. The zero-order valence-corrected chi connectivity index (χ0v) is 12.6. The van der Waals surface area contributed by atoms with E-state index in [9.17, 15) is 13.6 Å². The first-order valence-electron chi connectivity index (χ1n) is 7.92. The molecule has 1 unspecified atom stereocenters. The molecule has 1 aromatic rings. The molecule has 1 saturated heterocycles. The van der Waals surface area contributed by atoms with Crippen LogP contribution in [0.15, 0.2) is 36.9 Å². The van der Waals surface area contributed by atoms with Gasteiger partial charge in [-0.2, -0.15) is 0 Å². The minimum absolute atomic E-state index is 0.0244. The van der Waals surface area contributed by atoms with E-state index in [4.69, 9.17) is 0 Å². The first-order valence-corrected chi connectivity index (χ1v) is 7.92. The molecule has 2 nitrogen and oxygen atoms in total. The molecular weight excluding hydrogens is 284 g/mol. The smallest absolute Gasteiger partial charge is 0.248 e. The molecule has 1 aliphatic carbocycles. The monoisotopic (exact) mass is 305 g/mol. The topological polar surface area (TPSA) is 20.3 Å². The van der Waals surface area contributed by atoms with Crippen LogP contribution >= 0.6 is 0 Å². The average molecular weight is 305 g/mol. The molecule has 1 heterocycles. The van der Waals surface area contributed by atoms with Crippen molar-refractivity contribution in [3.05, 3.63) is 42.5 Å². The van der Waals surface area contributed by atoms with Gasteiger partial charge < -0.3 is 4.90 Å². The Balaban J connectivity index is 1.77. The van der Waals surface area contributed by atoms with Gasteiger partial charge in [-0.15, -0.1) is 0 Å². The van der Waals surface area contributed by atoms with Crippen LogP contribution in [-0.4, -0.2) is 22.8 Å². The molecule has 0 radical (unpaired) electrons. The van der Waals surface area contributed by atoms with Gasteiger partial charge in [-0.05, 0) is 30.7 Å². The summed E-state index contributed by atoms with van der Waals surface area (Å²) in [5.41, 5.74) is 1.62. The van der Waals surface area contributed by atoms with Crippen molar-refractivity contribution < 1.29 is 13.6 Å². The quantitative estimate of drug-likeness (QED) is 0.806. The molecule has 118 valence electrons. The summed E-state index contributed by atoms with van der Waals surface area (Å²) in [5, 5.41) is 0. The molecule has 2 fully saturated rings. The summed E-state index contributed by atoms with van der Waals surface area (Å²) in [6, 6.07) is 9.63. The third-order valence-electron chi connectivity index (χ3n) is 4.96. The van der Waals surface area contributed by atoms with Gasteiger partial charge in [0.2, 0.25) is 11.8 Å². The fourth-order valence-corrected chi connectivity index (χ4v) is 3.72. The fraction of sp³-hybridized carbons (Fsp3) is 0.500. The number of nitrogens with zero attached hydrogens (tertiary/aromatic N) is 1. The number of amides is 1. The minimum atomic E-state index is -2.53. The second-order valence-corrected chi connectivity index (χ2v) is 6.38. The van der Waals surface area contributed by atoms with E-state index in [1.54, 1.807) is 4.90 Å². The third kappa shape index (κ3) is 2.92. The van der Waals surface area contributed by atoms with E-state index in [0.717, 1.165) is 12.0 Å². The second-order valence-electron chi connectivity index (χ2n) is 6.38. The van der Waals surface area contributed by atoms with Crippen LogP contribution in [-0.2, 0) is 4.79 Å². The number of carbonyl (C=O) groups is 1. The maximum absolute atomic E-state index is 13.4. The Morgan fingerprint density at radius 2 is 1.77 bits per heavy atom. The van der Waals surface area contributed by atoms with Crippen molar-refractivity contribution in [3.8, 4) is 0 Å². The Bertz CT molecular complexity index is 560. The summed E-state index contributed by atoms with van der Waals surface area (Å²) >= 11 is 0. The molecule has 0 bridgehead atoms. The van der Waals surface area contributed by atoms with Gasteiger partial charge in [0.25, 0.3) is 0 Å². The summed E-state index contributed by atoms with van der Waals surface area (Å²) in [4.78, 5) is 14.1. The highest BCUT2D eigenvalue weighted by molar-refractivity contribution is 5.88. The van der Waals surface area contributed by atoms with Crippen LogP contribution in [0, 0.1) is 5.92 Å². The van der Waals surface area contributed by atoms with Gasteiger partial charge in [0, 0.05) is 31.0 Å². The summed E-state index contributed by atoms with van der Waals surface area (Å²) in [7, 11) is 0. The standard InChI is InChI=1S/C18H21F2NO/c1-13(14-5-3-2-4-6-14)21-16(7-8-17(21)22)15-9-11-18(19,20)12-10-15/h2-6,15-16H,1,7-12H2. The van der Waals surface area contributed by atoms with Gasteiger partial charge in [0.15, 0.2) is 0 Å². The zero-order valence-electron chi connectivity index (χ0n) is 12.6. The van der Waals surface area contributed by atoms with E-state index in [2.05, 4.69) is 6.58 Å². The molecule has 1 aliphatic heterocycles. The maximum atomic E-state index is 13.4. The Kier molecular flexibility index (Phi) is 4.02. The van der Waals surface area contributed by atoms with Crippen molar-refractivity contribution in [1.82, 2.24) is 4.90 Å². The SMILES string of the molecule is C=C(c1ccccc1)N1C(=O)CCC1C1CCC(F)(F)CC1. The van der Waals surface area contributed by atoms with Gasteiger partial charge in [0.05, 0.1) is 0 Å². The predicted octanol–water partition coefficient (Wildman–Crippen LogP) is 4.47. The number of carbonyl (C=O) groups excluding carboxylic acids is 1. The Labute approximate surface area is 129 Å². The van der Waals surface area contributed by atoms with E-state index in [0.29, 0.717) is 25.0 Å². The van der Waals surface area contributed by atoms with Crippen molar-refractivity contribution in [2.24, 2.45) is 5.92 Å². The van der Waals surface area contributed by atoms with Gasteiger partial charge in [-0.1, -0.05) is 36.9 Å². The number of alkyl halides is 2. The van der Waals surface area contributed by atoms with E-state index < -0.39 is 5.92 Å². The van der Waals surface area contributed by atoms with Gasteiger partial charge in [-0.3, -0.25) is 4.79 Å². The van der Waals surface area contributed by atoms with Crippen molar-refractivity contribution in [2.45, 2.75) is 50.5 Å². The lowest BCUT2D eigenvalue weighted by molar-refractivity contribution is -0.126. The lowest BCUT2D eigenvalue weighted by atomic mass is 9.81. The van der Waals surface area contributed by atoms with Gasteiger partial charge in [-0.25, -0.2) is 8.78 Å². The molecule has 4 heteroatoms. The summed E-state index contributed by atoms with van der Waals surface area (Å²) in [6.07, 6.45) is 2.10. The van der Waals surface area contributed by atoms with Crippen molar-refractivity contribution in [1.29, 1.82) is 0 Å². The lowest BCUT2D eigenvalue weighted by Crippen LogP contribution is -2.39. The number of hydrogen-bond acceptors (Lipinski definition) is 1. The summed E-state index contributed by atoms with van der Waals surface area (Å²) in [6.45, 7) is 4.09. The van der Waals surface area contributed by atoms with Crippen LogP contribution in [0.3, 0.4) is 0 Å². The lowest BCUT2D eigenvalue weighted by Gasteiger charge is -2.37. The summed E-state index contributed by atoms with van der Waals surface area (Å²) in [5.74, 6) is -2.30. The zero-order chi connectivity index (χ0) is 15.7. The van der Waals surface area contributed by atoms with E-state index >= 15 is 0 Å². The molecule has 1 atom stereocenters. The normalized spacial score (nSPS) is 25.5. The number of rotatable bonds is 3. The average Bonchev–Trinajstić information content (AvgIpc) is 2.89. The number of halogens is 2. The van der Waals surface area contributed by atoms with Crippen LogP contribution in [0.5, 0.6) is 0 Å². The number of hydrogen-bond donors (Lipinski definition) is 0. The highest BCUT2D eigenvalue weighted by Crippen LogP contribution is 2.42. The third-order valence-corrected chi connectivity index (χ3v) is 4.96. The van der Waals surface area contributed by atoms with E-state index in [1.165, 1.54) is 0 Å². The molecule has 22 heavy (non-hydrogen) atoms. The van der Waals surface area contributed by atoms with Crippen molar-refractivity contribution in [2.75, 3.05) is 0 Å². The summed E-state index contributed by atoms with van der Waals surface area (Å²) < 4.78 is 26.7. The number of benzene rings is 1. The fourth-order valence-electron chi connectivity index (χ4n) is 3.72. The van der Waals surface area contributed by atoms with Crippen LogP contribution in [0.25, 0.3) is 5.70 Å². The van der Waals surface area contributed by atoms with Crippen molar-refractivity contribution in [3.63, 3.8) is 0 Å². The van der Waals surface area contributed by atoms with Crippen LogP contribution in [0.2, 0.25) is 0 Å². The minimum Gasteiger partial charge on any atom is -0.309 e. The highest BCUT2D eigenvalue weighted by atomic mass is 19.3. The molecule has 0 N–H and O–H groups in total. The predicted molar refractivity (Wildman–Crippen MR) is 82.2 cm³/mol. The molecule has 2 aliphatic rings. The van der Waals surface area contributed by atoms with Gasteiger partial charge in [0.1, 0.15) is 0 Å². The molecular formula is C18H21F2NO. The Morgan fingerprint density at radius 3 is 2.41 bits per heavy atom. The Morgan fingerprint density at radius 1 is 1.14 bits per heavy atom. The molecule has 0 aromatic heterocycles. The molecule has 3 rings (SSSR count). The molecule has 1 saturated carbocycles. The van der Waals surface area contributed by atoms with E-state index in [-0.39, 0.29) is 30.7 Å². The molecule has 1 amide bonds. The van der Waals surface area contributed by atoms with Crippen LogP contribution in [0.1, 0.15) is 44.1 Å². The largest absolute Gasteiger partial charge is 0.309 e. The first kappa shape index (κ1) is 15.2. The van der Waals surface area contributed by atoms with Crippen LogP contribution < -0.4 is 0 Å². The molecule has 0 spiro atoms. The number of likely N-dealkylation sites (tertiary alicyclic amines) is 1.